The molecule has 0 fully saturated rings. The number of benzene rings is 2. The summed E-state index contributed by atoms with van der Waals surface area (Å²) in [5.74, 6) is 0. The maximum absolute atomic E-state index is 12.3. The SMILES string of the molecule is C[C@@H]([NH2+]Cc1cc(=O)n2cc(Br)ccc2n1)c1cccc2ccccc12. The average Bonchev–Trinajstić information content (AvgIpc) is 2.66. The Hall–Kier alpha value is -2.50. The smallest absolute Gasteiger partial charge is 0.258 e. The fraction of sp³-hybridized carbons (Fsp3) is 0.143. The molecule has 5 heteroatoms. The van der Waals surface area contributed by atoms with Crippen molar-refractivity contribution in [2.45, 2.75) is 19.5 Å². The van der Waals surface area contributed by atoms with Crippen molar-refractivity contribution >= 4 is 32.3 Å². The number of fused-ring (bicyclic) bond motifs is 2. The van der Waals surface area contributed by atoms with Gasteiger partial charge < -0.3 is 5.32 Å². The third kappa shape index (κ3) is 3.28. The zero-order chi connectivity index (χ0) is 18.1. The number of quaternary nitrogens is 1. The van der Waals surface area contributed by atoms with Crippen LogP contribution in [0.3, 0.4) is 0 Å². The maximum Gasteiger partial charge on any atom is 0.258 e. The first-order chi connectivity index (χ1) is 12.6. The Morgan fingerprint density at radius 3 is 2.81 bits per heavy atom. The van der Waals surface area contributed by atoms with Crippen LogP contribution in [0.15, 0.2) is 76.1 Å². The lowest BCUT2D eigenvalue weighted by Crippen LogP contribution is -2.83. The van der Waals surface area contributed by atoms with Crippen LogP contribution in [0.4, 0.5) is 0 Å². The summed E-state index contributed by atoms with van der Waals surface area (Å²) in [6, 6.07) is 20.5. The Kier molecular flexibility index (Phi) is 4.57. The quantitative estimate of drug-likeness (QED) is 0.562. The molecule has 0 aliphatic carbocycles. The standard InChI is InChI=1S/C21H18BrN3O/c1-14(18-8-4-6-15-5-2-3-7-19(15)18)23-12-17-11-21(26)25-13-16(22)9-10-20(25)24-17/h2-11,13-14,23H,12H2,1H3/p+1/t14-/m1/s1. The lowest BCUT2D eigenvalue weighted by Gasteiger charge is -2.13. The molecular formula is C21H19BrN3O+. The molecule has 0 saturated carbocycles. The summed E-state index contributed by atoms with van der Waals surface area (Å²) in [6.45, 7) is 2.85. The first kappa shape index (κ1) is 16.9. The molecule has 2 aromatic heterocycles. The van der Waals surface area contributed by atoms with Crippen LogP contribution in [-0.2, 0) is 6.54 Å². The van der Waals surface area contributed by atoms with E-state index in [1.165, 1.54) is 16.3 Å². The third-order valence-corrected chi connectivity index (χ3v) is 5.14. The van der Waals surface area contributed by atoms with Gasteiger partial charge in [0.25, 0.3) is 5.56 Å². The summed E-state index contributed by atoms with van der Waals surface area (Å²) >= 11 is 3.39. The van der Waals surface area contributed by atoms with Crippen molar-refractivity contribution in [1.29, 1.82) is 0 Å². The lowest BCUT2D eigenvalue weighted by molar-refractivity contribution is -0.708. The minimum Gasteiger partial charge on any atom is -0.335 e. The Bertz CT molecular complexity index is 1150. The first-order valence-electron chi connectivity index (χ1n) is 8.60. The van der Waals surface area contributed by atoms with Gasteiger partial charge in [-0.15, -0.1) is 0 Å². The number of pyridine rings is 1. The van der Waals surface area contributed by atoms with Gasteiger partial charge in [0.1, 0.15) is 23.9 Å². The first-order valence-corrected chi connectivity index (χ1v) is 9.40. The van der Waals surface area contributed by atoms with Gasteiger partial charge in [0.2, 0.25) is 0 Å². The van der Waals surface area contributed by atoms with Gasteiger partial charge in [-0.3, -0.25) is 9.20 Å². The van der Waals surface area contributed by atoms with Gasteiger partial charge >= 0.3 is 0 Å². The monoisotopic (exact) mass is 408 g/mol. The molecule has 0 bridgehead atoms. The number of hydrogen-bond donors (Lipinski definition) is 1. The predicted molar refractivity (Wildman–Crippen MR) is 107 cm³/mol. The second kappa shape index (κ2) is 7.02. The molecule has 4 aromatic rings. The van der Waals surface area contributed by atoms with E-state index in [4.69, 9.17) is 0 Å². The van der Waals surface area contributed by atoms with Crippen LogP contribution in [-0.4, -0.2) is 9.38 Å². The topological polar surface area (TPSA) is 51.0 Å². The van der Waals surface area contributed by atoms with E-state index in [0.29, 0.717) is 12.2 Å². The van der Waals surface area contributed by atoms with Crippen molar-refractivity contribution in [3.8, 4) is 0 Å². The highest BCUT2D eigenvalue weighted by atomic mass is 79.9. The van der Waals surface area contributed by atoms with Crippen molar-refractivity contribution in [2.24, 2.45) is 0 Å². The van der Waals surface area contributed by atoms with E-state index in [-0.39, 0.29) is 11.6 Å². The highest BCUT2D eigenvalue weighted by molar-refractivity contribution is 9.10. The summed E-state index contributed by atoms with van der Waals surface area (Å²) in [7, 11) is 0. The van der Waals surface area contributed by atoms with Crippen LogP contribution < -0.4 is 10.9 Å². The Morgan fingerprint density at radius 2 is 1.92 bits per heavy atom. The molecule has 26 heavy (non-hydrogen) atoms. The zero-order valence-corrected chi connectivity index (χ0v) is 16.0. The molecule has 4 rings (SSSR count). The van der Waals surface area contributed by atoms with Gasteiger partial charge in [0.05, 0.1) is 0 Å². The van der Waals surface area contributed by atoms with E-state index in [2.05, 4.69) is 75.6 Å². The van der Waals surface area contributed by atoms with Crippen LogP contribution in [0, 0.1) is 0 Å². The molecule has 0 saturated heterocycles. The van der Waals surface area contributed by atoms with Crippen LogP contribution in [0.2, 0.25) is 0 Å². The van der Waals surface area contributed by atoms with Gasteiger partial charge in [-0.05, 0) is 45.8 Å². The number of nitrogens with two attached hydrogens (primary N) is 1. The summed E-state index contributed by atoms with van der Waals surface area (Å²) in [5, 5.41) is 4.74. The molecule has 0 aliphatic heterocycles. The van der Waals surface area contributed by atoms with Gasteiger partial charge in [0.15, 0.2) is 0 Å². The molecule has 2 heterocycles. The summed E-state index contributed by atoms with van der Waals surface area (Å²) in [5.41, 5.74) is 2.70. The van der Waals surface area contributed by atoms with Crippen molar-refractivity contribution in [1.82, 2.24) is 9.38 Å². The predicted octanol–water partition coefficient (Wildman–Crippen LogP) is 3.43. The lowest BCUT2D eigenvalue weighted by atomic mass is 10.00. The number of halogens is 1. The molecule has 0 amide bonds. The largest absolute Gasteiger partial charge is 0.335 e. The maximum atomic E-state index is 12.3. The number of nitrogens with zero attached hydrogens (tertiary/aromatic N) is 2. The minimum atomic E-state index is -0.0579. The van der Waals surface area contributed by atoms with E-state index >= 15 is 0 Å². The normalized spacial score (nSPS) is 12.5. The van der Waals surface area contributed by atoms with Gasteiger partial charge in [-0.25, -0.2) is 4.98 Å². The molecule has 2 aromatic carbocycles. The number of rotatable bonds is 4. The summed E-state index contributed by atoms with van der Waals surface area (Å²) in [4.78, 5) is 16.9. The average molecular weight is 409 g/mol. The van der Waals surface area contributed by atoms with Gasteiger partial charge in [0, 0.05) is 22.3 Å². The molecule has 0 aliphatic rings. The molecule has 1 atom stereocenters. The highest BCUT2D eigenvalue weighted by Gasteiger charge is 2.13. The minimum absolute atomic E-state index is 0.0579. The van der Waals surface area contributed by atoms with Crippen molar-refractivity contribution in [3.05, 3.63) is 92.9 Å². The molecule has 0 spiro atoms. The summed E-state index contributed by atoms with van der Waals surface area (Å²) < 4.78 is 2.42. The molecule has 130 valence electrons. The zero-order valence-electron chi connectivity index (χ0n) is 14.4. The second-order valence-electron chi connectivity index (χ2n) is 6.46. The van der Waals surface area contributed by atoms with Gasteiger partial charge in [-0.1, -0.05) is 42.5 Å². The van der Waals surface area contributed by atoms with Crippen molar-refractivity contribution < 1.29 is 5.32 Å². The van der Waals surface area contributed by atoms with E-state index < -0.39 is 0 Å². The van der Waals surface area contributed by atoms with Gasteiger partial charge in [-0.2, -0.15) is 0 Å². The summed E-state index contributed by atoms with van der Waals surface area (Å²) in [6.07, 6.45) is 1.75. The highest BCUT2D eigenvalue weighted by Crippen LogP contribution is 2.22. The second-order valence-corrected chi connectivity index (χ2v) is 7.37. The van der Waals surface area contributed by atoms with Crippen LogP contribution in [0.5, 0.6) is 0 Å². The molecule has 4 nitrogen and oxygen atoms in total. The number of hydrogen-bond acceptors (Lipinski definition) is 2. The van der Waals surface area contributed by atoms with E-state index in [0.717, 1.165) is 10.2 Å². The Morgan fingerprint density at radius 1 is 1.12 bits per heavy atom. The number of aromatic nitrogens is 2. The van der Waals surface area contributed by atoms with Crippen LogP contribution in [0.1, 0.15) is 24.2 Å². The fourth-order valence-electron chi connectivity index (χ4n) is 3.30. The van der Waals surface area contributed by atoms with Crippen molar-refractivity contribution in [2.75, 3.05) is 0 Å². The Labute approximate surface area is 159 Å². The third-order valence-electron chi connectivity index (χ3n) is 4.67. The molecule has 0 unspecified atom stereocenters. The van der Waals surface area contributed by atoms with E-state index in [9.17, 15) is 4.79 Å². The Balaban J connectivity index is 1.59. The molecule has 2 N–H and O–H groups in total. The van der Waals surface area contributed by atoms with Crippen LogP contribution >= 0.6 is 15.9 Å². The van der Waals surface area contributed by atoms with E-state index in [1.54, 1.807) is 16.7 Å². The molecular weight excluding hydrogens is 390 g/mol. The van der Waals surface area contributed by atoms with Crippen LogP contribution in [0.25, 0.3) is 16.4 Å². The molecule has 0 radical (unpaired) electrons. The van der Waals surface area contributed by atoms with E-state index in [1.807, 2.05) is 12.1 Å². The fourth-order valence-corrected chi connectivity index (χ4v) is 3.64. The van der Waals surface area contributed by atoms with Crippen molar-refractivity contribution in [3.63, 3.8) is 0 Å².